The number of nitrogens with one attached hydrogen (secondary N) is 1. The molecule has 3 atom stereocenters. The number of amides is 1. The van der Waals surface area contributed by atoms with Crippen LogP contribution in [0.3, 0.4) is 0 Å². The molecule has 1 saturated heterocycles. The summed E-state index contributed by atoms with van der Waals surface area (Å²) in [5, 5.41) is 13.3. The van der Waals surface area contributed by atoms with E-state index in [0.29, 0.717) is 11.7 Å². The van der Waals surface area contributed by atoms with Gasteiger partial charge >= 0.3 is 6.09 Å². The first kappa shape index (κ1) is 21.3. The molecule has 2 aromatic rings. The Kier molecular flexibility index (Phi) is 6.09. The van der Waals surface area contributed by atoms with E-state index in [2.05, 4.69) is 16.3 Å². The number of nitrogens with zero attached hydrogens (tertiary/aromatic N) is 1. The summed E-state index contributed by atoms with van der Waals surface area (Å²) in [6.45, 7) is 3.74. The maximum Gasteiger partial charge on any atom is 0.407 e. The highest BCUT2D eigenvalue weighted by Crippen LogP contribution is 2.50. The zero-order chi connectivity index (χ0) is 22.0. The van der Waals surface area contributed by atoms with Crippen molar-refractivity contribution in [3.05, 3.63) is 65.7 Å². The van der Waals surface area contributed by atoms with Crippen LogP contribution in [0.4, 0.5) is 4.79 Å². The van der Waals surface area contributed by atoms with Gasteiger partial charge in [0.2, 0.25) is 0 Å². The van der Waals surface area contributed by atoms with Crippen LogP contribution in [0.5, 0.6) is 5.75 Å². The van der Waals surface area contributed by atoms with Crippen LogP contribution in [0, 0.1) is 11.8 Å². The van der Waals surface area contributed by atoms with E-state index in [9.17, 15) is 9.90 Å². The zero-order valence-corrected chi connectivity index (χ0v) is 18.7. The Morgan fingerprint density at radius 1 is 1.09 bits per heavy atom. The van der Waals surface area contributed by atoms with Gasteiger partial charge in [0.15, 0.2) is 0 Å². The Balaban J connectivity index is 1.27. The number of fused-ring (bicyclic) bond motifs is 1. The number of carbonyl (C=O) groups is 1. The number of phenolic OH excluding ortho intramolecular Hbond substituents is 1. The van der Waals surface area contributed by atoms with Gasteiger partial charge in [0, 0.05) is 24.5 Å². The molecule has 2 aromatic carbocycles. The van der Waals surface area contributed by atoms with Crippen molar-refractivity contribution in [2.75, 3.05) is 19.6 Å². The first-order valence-corrected chi connectivity index (χ1v) is 12.1. The van der Waals surface area contributed by atoms with Crippen molar-refractivity contribution in [3.63, 3.8) is 0 Å². The number of likely N-dealkylation sites (tertiary alicyclic amines) is 1. The predicted molar refractivity (Wildman–Crippen MR) is 124 cm³/mol. The van der Waals surface area contributed by atoms with Crippen molar-refractivity contribution in [3.8, 4) is 5.75 Å². The molecule has 1 aliphatic heterocycles. The van der Waals surface area contributed by atoms with Crippen molar-refractivity contribution in [2.45, 2.75) is 56.6 Å². The number of piperidine rings is 1. The van der Waals surface area contributed by atoms with Crippen LogP contribution in [-0.2, 0) is 16.8 Å². The molecule has 5 rings (SSSR count). The van der Waals surface area contributed by atoms with Crippen molar-refractivity contribution in [1.82, 2.24) is 10.2 Å². The number of carbonyl (C=O) groups excluding carboxylic acids is 1. The number of benzene rings is 2. The molecule has 2 aliphatic carbocycles. The van der Waals surface area contributed by atoms with Gasteiger partial charge in [-0.15, -0.1) is 0 Å². The standard InChI is InChI=1S/C27H34N2O3/c30-25-8-4-7-22(15-25)27-13-14-29(17-20-9-10-20)18-23(27)11-12-24(16-27)28-26(31)32-19-21-5-2-1-3-6-21/h1-8,15,20,23-24,30H,9-14,16-19H2,(H,28,31)/t23-,24+,27+/m1/s1. The van der Waals surface area contributed by atoms with Crippen LogP contribution >= 0.6 is 0 Å². The Bertz CT molecular complexity index is 930. The molecule has 32 heavy (non-hydrogen) atoms. The van der Waals surface area contributed by atoms with Gasteiger partial charge in [-0.05, 0) is 80.2 Å². The molecule has 2 saturated carbocycles. The molecule has 3 aliphatic rings. The minimum Gasteiger partial charge on any atom is -0.508 e. The quantitative estimate of drug-likeness (QED) is 0.683. The minimum absolute atomic E-state index is 0.00554. The highest BCUT2D eigenvalue weighted by Gasteiger charge is 2.48. The molecule has 0 bridgehead atoms. The molecule has 5 heteroatoms. The molecular weight excluding hydrogens is 400 g/mol. The van der Waals surface area contributed by atoms with Crippen molar-refractivity contribution in [2.24, 2.45) is 11.8 Å². The van der Waals surface area contributed by atoms with Crippen molar-refractivity contribution >= 4 is 6.09 Å². The number of alkyl carbamates (subject to hydrolysis) is 1. The van der Waals surface area contributed by atoms with Crippen LogP contribution in [0.1, 0.15) is 49.7 Å². The second kappa shape index (κ2) is 9.14. The molecule has 2 N–H and O–H groups in total. The lowest BCUT2D eigenvalue weighted by Crippen LogP contribution is -2.56. The van der Waals surface area contributed by atoms with Gasteiger partial charge in [-0.2, -0.15) is 0 Å². The normalized spacial score (nSPS) is 28.0. The summed E-state index contributed by atoms with van der Waals surface area (Å²) in [5.74, 6) is 1.78. The van der Waals surface area contributed by atoms with E-state index in [1.54, 1.807) is 6.07 Å². The Hall–Kier alpha value is -2.53. The Morgan fingerprint density at radius 2 is 1.94 bits per heavy atom. The summed E-state index contributed by atoms with van der Waals surface area (Å²) >= 11 is 0. The smallest absolute Gasteiger partial charge is 0.407 e. The molecule has 3 fully saturated rings. The number of aromatic hydroxyl groups is 1. The van der Waals surface area contributed by atoms with Gasteiger partial charge < -0.3 is 20.1 Å². The van der Waals surface area contributed by atoms with E-state index in [1.807, 2.05) is 42.5 Å². The third-order valence-electron chi connectivity index (χ3n) is 7.78. The molecule has 0 aromatic heterocycles. The first-order chi connectivity index (χ1) is 15.6. The lowest BCUT2D eigenvalue weighted by Gasteiger charge is -2.53. The van der Waals surface area contributed by atoms with Crippen LogP contribution in [-0.4, -0.2) is 41.8 Å². The Morgan fingerprint density at radius 3 is 2.72 bits per heavy atom. The zero-order valence-electron chi connectivity index (χ0n) is 18.7. The third kappa shape index (κ3) is 4.78. The third-order valence-corrected chi connectivity index (χ3v) is 7.78. The molecule has 170 valence electrons. The second-order valence-corrected chi connectivity index (χ2v) is 10.0. The maximum absolute atomic E-state index is 12.5. The van der Waals surface area contributed by atoms with E-state index >= 15 is 0 Å². The predicted octanol–water partition coefficient (Wildman–Crippen LogP) is 4.84. The van der Waals surface area contributed by atoms with Crippen molar-refractivity contribution < 1.29 is 14.6 Å². The number of hydrogen-bond donors (Lipinski definition) is 2. The number of ether oxygens (including phenoxy) is 1. The highest BCUT2D eigenvalue weighted by molar-refractivity contribution is 5.67. The lowest BCUT2D eigenvalue weighted by molar-refractivity contribution is 0.0398. The summed E-state index contributed by atoms with van der Waals surface area (Å²) in [5.41, 5.74) is 2.21. The van der Waals surface area contributed by atoms with E-state index in [-0.39, 0.29) is 24.2 Å². The SMILES string of the molecule is O=C(N[C@H]1CC[C@@H]2CN(CC3CC3)CC[C@@]2(c2cccc(O)c2)C1)OCc1ccccc1. The molecule has 0 unspecified atom stereocenters. The molecule has 5 nitrogen and oxygen atoms in total. The Labute approximate surface area is 190 Å². The van der Waals surface area contributed by atoms with Gasteiger partial charge in [0.05, 0.1) is 0 Å². The van der Waals surface area contributed by atoms with Gasteiger partial charge in [-0.1, -0.05) is 42.5 Å². The highest BCUT2D eigenvalue weighted by atomic mass is 16.5. The monoisotopic (exact) mass is 434 g/mol. The molecule has 0 radical (unpaired) electrons. The fraction of sp³-hybridized carbons (Fsp3) is 0.519. The summed E-state index contributed by atoms with van der Waals surface area (Å²) in [6.07, 6.45) is 6.47. The summed E-state index contributed by atoms with van der Waals surface area (Å²) < 4.78 is 5.49. The van der Waals surface area contributed by atoms with Gasteiger partial charge in [-0.3, -0.25) is 0 Å². The van der Waals surface area contributed by atoms with E-state index in [1.165, 1.54) is 24.9 Å². The lowest BCUT2D eigenvalue weighted by atomic mass is 9.58. The summed E-state index contributed by atoms with van der Waals surface area (Å²) in [4.78, 5) is 15.2. The van der Waals surface area contributed by atoms with Crippen molar-refractivity contribution in [1.29, 1.82) is 0 Å². The molecule has 0 spiro atoms. The fourth-order valence-electron chi connectivity index (χ4n) is 5.92. The summed E-state index contributed by atoms with van der Waals surface area (Å²) in [7, 11) is 0. The molecule has 1 heterocycles. The van der Waals surface area contributed by atoms with Crippen LogP contribution < -0.4 is 5.32 Å². The summed E-state index contributed by atoms with van der Waals surface area (Å²) in [6, 6.07) is 17.7. The van der Waals surface area contributed by atoms with E-state index in [4.69, 9.17) is 4.74 Å². The number of phenols is 1. The number of hydrogen-bond acceptors (Lipinski definition) is 4. The van der Waals surface area contributed by atoms with Gasteiger partial charge in [-0.25, -0.2) is 4.79 Å². The minimum atomic E-state index is -0.338. The van der Waals surface area contributed by atoms with Crippen LogP contribution in [0.2, 0.25) is 0 Å². The number of rotatable bonds is 6. The second-order valence-electron chi connectivity index (χ2n) is 10.0. The van der Waals surface area contributed by atoms with Gasteiger partial charge in [0.1, 0.15) is 12.4 Å². The fourth-order valence-corrected chi connectivity index (χ4v) is 5.92. The molecular formula is C27H34N2O3. The average molecular weight is 435 g/mol. The average Bonchev–Trinajstić information content (AvgIpc) is 3.62. The van der Waals surface area contributed by atoms with E-state index in [0.717, 1.165) is 50.3 Å². The van der Waals surface area contributed by atoms with E-state index < -0.39 is 0 Å². The maximum atomic E-state index is 12.5. The van der Waals surface area contributed by atoms with Gasteiger partial charge in [0.25, 0.3) is 0 Å². The largest absolute Gasteiger partial charge is 0.508 e. The first-order valence-electron chi connectivity index (χ1n) is 12.1. The van der Waals surface area contributed by atoms with Crippen LogP contribution in [0.15, 0.2) is 54.6 Å². The van der Waals surface area contributed by atoms with Crippen LogP contribution in [0.25, 0.3) is 0 Å². The molecule has 1 amide bonds. The topological polar surface area (TPSA) is 61.8 Å².